The summed E-state index contributed by atoms with van der Waals surface area (Å²) in [6.45, 7) is 1.50. The summed E-state index contributed by atoms with van der Waals surface area (Å²) in [5.41, 5.74) is 5.36. The zero-order chi connectivity index (χ0) is 12.7. The second kappa shape index (κ2) is 7.24. The molecule has 0 aromatic rings. The summed E-state index contributed by atoms with van der Waals surface area (Å²) in [5.74, 6) is -1.10. The Bertz CT molecular complexity index is 270. The van der Waals surface area contributed by atoms with Crippen molar-refractivity contribution >= 4 is 11.9 Å². The van der Waals surface area contributed by atoms with Crippen LogP contribution in [-0.2, 0) is 14.3 Å². The molecule has 6 heteroatoms. The standard InChI is InChI=1S/C11H20N2O4/c12-5-3-1-2-4-10(14)13-6-7-17-8-9(13)11(15)16/h9H,1-8,12H2,(H,15,16). The first-order valence-electron chi connectivity index (χ1n) is 5.97. The van der Waals surface area contributed by atoms with E-state index in [4.69, 9.17) is 15.6 Å². The zero-order valence-electron chi connectivity index (χ0n) is 9.93. The maximum Gasteiger partial charge on any atom is 0.328 e. The molecule has 1 aliphatic heterocycles. The SMILES string of the molecule is NCCCCCC(=O)N1CCOCC1C(=O)O. The fourth-order valence-corrected chi connectivity index (χ4v) is 1.85. The number of carboxylic acid groups (broad SMARTS) is 1. The second-order valence-corrected chi connectivity index (χ2v) is 4.12. The van der Waals surface area contributed by atoms with E-state index in [0.717, 1.165) is 19.3 Å². The lowest BCUT2D eigenvalue weighted by atomic mass is 10.1. The van der Waals surface area contributed by atoms with Gasteiger partial charge in [-0.1, -0.05) is 6.42 Å². The number of amides is 1. The Balaban J connectivity index is 2.39. The minimum Gasteiger partial charge on any atom is -0.480 e. The fourth-order valence-electron chi connectivity index (χ4n) is 1.85. The van der Waals surface area contributed by atoms with Gasteiger partial charge < -0.3 is 20.5 Å². The molecule has 0 spiro atoms. The predicted octanol–water partition coefficient (Wildman–Crippen LogP) is -0.182. The Morgan fingerprint density at radius 3 is 2.76 bits per heavy atom. The fraction of sp³-hybridized carbons (Fsp3) is 0.818. The first kappa shape index (κ1) is 13.9. The highest BCUT2D eigenvalue weighted by Crippen LogP contribution is 2.11. The van der Waals surface area contributed by atoms with Gasteiger partial charge in [0.15, 0.2) is 6.04 Å². The van der Waals surface area contributed by atoms with E-state index in [2.05, 4.69) is 0 Å². The number of unbranched alkanes of at least 4 members (excludes halogenated alkanes) is 2. The van der Waals surface area contributed by atoms with Gasteiger partial charge in [-0.25, -0.2) is 4.79 Å². The largest absolute Gasteiger partial charge is 0.480 e. The number of aliphatic carboxylic acids is 1. The minimum absolute atomic E-state index is 0.0872. The van der Waals surface area contributed by atoms with Gasteiger partial charge in [0.25, 0.3) is 0 Å². The first-order chi connectivity index (χ1) is 8.16. The summed E-state index contributed by atoms with van der Waals surface area (Å²) >= 11 is 0. The third-order valence-electron chi connectivity index (χ3n) is 2.83. The summed E-state index contributed by atoms with van der Waals surface area (Å²) in [6, 6.07) is -0.828. The monoisotopic (exact) mass is 244 g/mol. The van der Waals surface area contributed by atoms with Crippen molar-refractivity contribution in [2.24, 2.45) is 5.73 Å². The zero-order valence-corrected chi connectivity index (χ0v) is 9.93. The van der Waals surface area contributed by atoms with Crippen molar-refractivity contribution in [3.8, 4) is 0 Å². The first-order valence-corrected chi connectivity index (χ1v) is 5.97. The second-order valence-electron chi connectivity index (χ2n) is 4.12. The topological polar surface area (TPSA) is 92.9 Å². The molecule has 1 atom stereocenters. The molecule has 1 fully saturated rings. The number of nitrogens with zero attached hydrogens (tertiary/aromatic N) is 1. The molecule has 0 saturated carbocycles. The van der Waals surface area contributed by atoms with Gasteiger partial charge in [-0.2, -0.15) is 0 Å². The van der Waals surface area contributed by atoms with Gasteiger partial charge in [-0.15, -0.1) is 0 Å². The van der Waals surface area contributed by atoms with E-state index in [0.29, 0.717) is 26.1 Å². The van der Waals surface area contributed by atoms with Crippen molar-refractivity contribution in [2.75, 3.05) is 26.3 Å². The summed E-state index contributed by atoms with van der Waals surface area (Å²) in [7, 11) is 0. The average molecular weight is 244 g/mol. The lowest BCUT2D eigenvalue weighted by Crippen LogP contribution is -2.52. The number of hydrogen-bond acceptors (Lipinski definition) is 4. The van der Waals surface area contributed by atoms with E-state index in [9.17, 15) is 9.59 Å². The van der Waals surface area contributed by atoms with Gasteiger partial charge in [0.2, 0.25) is 5.91 Å². The smallest absolute Gasteiger partial charge is 0.328 e. The van der Waals surface area contributed by atoms with Crippen LogP contribution < -0.4 is 5.73 Å². The number of carboxylic acids is 1. The molecule has 0 aromatic carbocycles. The number of rotatable bonds is 6. The van der Waals surface area contributed by atoms with Gasteiger partial charge >= 0.3 is 5.97 Å². The van der Waals surface area contributed by atoms with Crippen molar-refractivity contribution in [2.45, 2.75) is 31.7 Å². The summed E-state index contributed by atoms with van der Waals surface area (Å²) in [4.78, 5) is 24.2. The highest BCUT2D eigenvalue weighted by Gasteiger charge is 2.32. The van der Waals surface area contributed by atoms with Crippen LogP contribution in [0.4, 0.5) is 0 Å². The Kier molecular flexibility index (Phi) is 5.93. The van der Waals surface area contributed by atoms with E-state index < -0.39 is 12.0 Å². The molecular weight excluding hydrogens is 224 g/mol. The Morgan fingerprint density at radius 1 is 1.35 bits per heavy atom. The summed E-state index contributed by atoms with van der Waals surface area (Å²) in [5, 5.41) is 8.98. The Morgan fingerprint density at radius 2 is 2.12 bits per heavy atom. The molecule has 1 saturated heterocycles. The van der Waals surface area contributed by atoms with Gasteiger partial charge in [-0.05, 0) is 19.4 Å². The van der Waals surface area contributed by atoms with Gasteiger partial charge in [0, 0.05) is 13.0 Å². The van der Waals surface area contributed by atoms with E-state index >= 15 is 0 Å². The summed E-state index contributed by atoms with van der Waals surface area (Å²) < 4.78 is 5.08. The van der Waals surface area contributed by atoms with Crippen molar-refractivity contribution in [3.63, 3.8) is 0 Å². The number of carbonyl (C=O) groups is 2. The molecule has 1 aliphatic rings. The van der Waals surface area contributed by atoms with Crippen LogP contribution in [0.2, 0.25) is 0 Å². The van der Waals surface area contributed by atoms with Crippen LogP contribution >= 0.6 is 0 Å². The van der Waals surface area contributed by atoms with E-state index in [1.54, 1.807) is 0 Å². The van der Waals surface area contributed by atoms with E-state index in [-0.39, 0.29) is 12.5 Å². The van der Waals surface area contributed by atoms with Crippen LogP contribution in [0.25, 0.3) is 0 Å². The molecule has 6 nitrogen and oxygen atoms in total. The highest BCUT2D eigenvalue weighted by molar-refractivity contribution is 5.83. The molecule has 1 rings (SSSR count). The predicted molar refractivity (Wildman–Crippen MR) is 61.5 cm³/mol. The van der Waals surface area contributed by atoms with Crippen LogP contribution in [0.3, 0.4) is 0 Å². The molecule has 0 radical (unpaired) electrons. The highest BCUT2D eigenvalue weighted by atomic mass is 16.5. The molecule has 1 unspecified atom stereocenters. The Hall–Kier alpha value is -1.14. The maximum atomic E-state index is 11.9. The maximum absolute atomic E-state index is 11.9. The van der Waals surface area contributed by atoms with Gasteiger partial charge in [0.05, 0.1) is 13.2 Å². The number of ether oxygens (including phenoxy) is 1. The van der Waals surface area contributed by atoms with Crippen molar-refractivity contribution < 1.29 is 19.4 Å². The third-order valence-corrected chi connectivity index (χ3v) is 2.83. The normalized spacial score (nSPS) is 20.3. The van der Waals surface area contributed by atoms with Crippen molar-refractivity contribution in [1.29, 1.82) is 0 Å². The molecule has 1 heterocycles. The lowest BCUT2D eigenvalue weighted by molar-refractivity contribution is -0.158. The lowest BCUT2D eigenvalue weighted by Gasteiger charge is -2.32. The van der Waals surface area contributed by atoms with Crippen molar-refractivity contribution in [3.05, 3.63) is 0 Å². The molecular formula is C11H20N2O4. The minimum atomic E-state index is -1.000. The number of nitrogens with two attached hydrogens (primary N) is 1. The van der Waals surface area contributed by atoms with Gasteiger partial charge in [-0.3, -0.25) is 4.79 Å². The Labute approximate surface area is 101 Å². The molecule has 98 valence electrons. The summed E-state index contributed by atoms with van der Waals surface area (Å²) in [6.07, 6.45) is 2.96. The van der Waals surface area contributed by atoms with Crippen LogP contribution in [0.1, 0.15) is 25.7 Å². The van der Waals surface area contributed by atoms with E-state index in [1.807, 2.05) is 0 Å². The molecule has 0 aromatic heterocycles. The number of hydrogen-bond donors (Lipinski definition) is 2. The molecule has 17 heavy (non-hydrogen) atoms. The molecule has 3 N–H and O–H groups in total. The quantitative estimate of drug-likeness (QED) is 0.632. The van der Waals surface area contributed by atoms with Crippen LogP contribution in [-0.4, -0.2) is 54.2 Å². The van der Waals surface area contributed by atoms with Gasteiger partial charge in [0.1, 0.15) is 0 Å². The van der Waals surface area contributed by atoms with Crippen LogP contribution in [0, 0.1) is 0 Å². The average Bonchev–Trinajstić information content (AvgIpc) is 2.34. The number of morpholine rings is 1. The van der Waals surface area contributed by atoms with E-state index in [1.165, 1.54) is 4.90 Å². The number of carbonyl (C=O) groups excluding carboxylic acids is 1. The van der Waals surface area contributed by atoms with Crippen molar-refractivity contribution in [1.82, 2.24) is 4.90 Å². The van der Waals surface area contributed by atoms with Crippen LogP contribution in [0.5, 0.6) is 0 Å². The molecule has 1 amide bonds. The molecule has 0 bridgehead atoms. The molecule has 0 aliphatic carbocycles. The third kappa shape index (κ3) is 4.32. The van der Waals surface area contributed by atoms with Crippen LogP contribution in [0.15, 0.2) is 0 Å².